The Balaban J connectivity index is 1.98. The highest BCUT2D eigenvalue weighted by Crippen LogP contribution is 2.30. The van der Waals surface area contributed by atoms with Crippen molar-refractivity contribution in [2.45, 2.75) is 0 Å². The molecule has 2 aromatic carbocycles. The van der Waals surface area contributed by atoms with Crippen LogP contribution in [-0.4, -0.2) is 26.7 Å². The molecule has 5 nitrogen and oxygen atoms in total. The lowest BCUT2D eigenvalue weighted by molar-refractivity contribution is -0.118. The zero-order valence-corrected chi connectivity index (χ0v) is 14.9. The minimum Gasteiger partial charge on any atom is -0.493 e. The van der Waals surface area contributed by atoms with Crippen molar-refractivity contribution >= 4 is 39.1 Å². The van der Waals surface area contributed by atoms with E-state index < -0.39 is 0 Å². The largest absolute Gasteiger partial charge is 0.493 e. The van der Waals surface area contributed by atoms with Gasteiger partial charge in [0.1, 0.15) is 5.75 Å². The van der Waals surface area contributed by atoms with E-state index in [9.17, 15) is 4.79 Å². The van der Waals surface area contributed by atoms with Crippen LogP contribution in [0.1, 0.15) is 0 Å². The van der Waals surface area contributed by atoms with E-state index in [1.165, 1.54) is 7.11 Å². The predicted octanol–water partition coefficient (Wildman–Crippen LogP) is 4.14. The van der Waals surface area contributed by atoms with Gasteiger partial charge in [-0.15, -0.1) is 0 Å². The Labute approximate surface area is 147 Å². The molecule has 2 aromatic rings. The maximum absolute atomic E-state index is 12.0. The van der Waals surface area contributed by atoms with Gasteiger partial charge in [0.15, 0.2) is 18.1 Å². The molecule has 122 valence electrons. The van der Waals surface area contributed by atoms with E-state index in [0.717, 1.165) is 4.47 Å². The molecule has 2 rings (SSSR count). The SMILES string of the molecule is COc1ccc(NC(=O)COc2cc(Br)ccc2Cl)cc1OC. The number of amides is 1. The van der Waals surface area contributed by atoms with Crippen molar-refractivity contribution in [2.24, 2.45) is 0 Å². The lowest BCUT2D eigenvalue weighted by atomic mass is 10.2. The van der Waals surface area contributed by atoms with Gasteiger partial charge in [-0.3, -0.25) is 4.79 Å². The summed E-state index contributed by atoms with van der Waals surface area (Å²) in [5, 5.41) is 3.16. The summed E-state index contributed by atoms with van der Waals surface area (Å²) in [5.41, 5.74) is 0.580. The number of anilines is 1. The van der Waals surface area contributed by atoms with Crippen molar-refractivity contribution < 1.29 is 19.0 Å². The van der Waals surface area contributed by atoms with Crippen LogP contribution in [0.3, 0.4) is 0 Å². The second kappa shape index (κ2) is 8.08. The lowest BCUT2D eigenvalue weighted by Crippen LogP contribution is -2.20. The number of rotatable bonds is 6. The van der Waals surface area contributed by atoms with Crippen LogP contribution in [0.4, 0.5) is 5.69 Å². The standard InChI is InChI=1S/C16H15BrClNO4/c1-21-13-6-4-11(8-15(13)22-2)19-16(20)9-23-14-7-10(17)3-5-12(14)18/h3-8H,9H2,1-2H3,(H,19,20). The van der Waals surface area contributed by atoms with Crippen LogP contribution >= 0.6 is 27.5 Å². The van der Waals surface area contributed by atoms with Crippen molar-refractivity contribution in [3.05, 3.63) is 45.9 Å². The maximum Gasteiger partial charge on any atom is 0.262 e. The average Bonchev–Trinajstić information content (AvgIpc) is 2.55. The van der Waals surface area contributed by atoms with Gasteiger partial charge in [-0.1, -0.05) is 27.5 Å². The van der Waals surface area contributed by atoms with Crippen LogP contribution in [0.15, 0.2) is 40.9 Å². The minimum absolute atomic E-state index is 0.162. The van der Waals surface area contributed by atoms with Crippen LogP contribution in [0, 0.1) is 0 Å². The summed E-state index contributed by atoms with van der Waals surface area (Å²) in [6.07, 6.45) is 0. The van der Waals surface area contributed by atoms with Crippen LogP contribution in [0.5, 0.6) is 17.2 Å². The summed E-state index contributed by atoms with van der Waals surface area (Å²) in [5.74, 6) is 1.24. The fraction of sp³-hybridized carbons (Fsp3) is 0.188. The fourth-order valence-corrected chi connectivity index (χ4v) is 2.35. The number of nitrogens with one attached hydrogen (secondary N) is 1. The first-order valence-corrected chi connectivity index (χ1v) is 7.80. The Hall–Kier alpha value is -1.92. The molecule has 0 bridgehead atoms. The van der Waals surface area contributed by atoms with E-state index in [1.807, 2.05) is 0 Å². The highest BCUT2D eigenvalue weighted by atomic mass is 79.9. The normalized spacial score (nSPS) is 10.1. The second-order valence-electron chi connectivity index (χ2n) is 4.48. The summed E-state index contributed by atoms with van der Waals surface area (Å²) >= 11 is 9.33. The zero-order valence-electron chi connectivity index (χ0n) is 12.6. The molecular formula is C16H15BrClNO4. The highest BCUT2D eigenvalue weighted by Gasteiger charge is 2.09. The molecule has 0 saturated carbocycles. The smallest absolute Gasteiger partial charge is 0.262 e. The monoisotopic (exact) mass is 399 g/mol. The average molecular weight is 401 g/mol. The molecule has 0 saturated heterocycles. The number of carbonyl (C=O) groups is 1. The van der Waals surface area contributed by atoms with Crippen LogP contribution < -0.4 is 19.5 Å². The molecule has 0 aromatic heterocycles. The predicted molar refractivity (Wildman–Crippen MR) is 92.8 cm³/mol. The summed E-state index contributed by atoms with van der Waals surface area (Å²) in [7, 11) is 3.08. The van der Waals surface area contributed by atoms with Crippen LogP contribution in [0.2, 0.25) is 5.02 Å². The van der Waals surface area contributed by atoms with E-state index >= 15 is 0 Å². The molecule has 0 fully saturated rings. The van der Waals surface area contributed by atoms with Crippen molar-refractivity contribution in [3.63, 3.8) is 0 Å². The third-order valence-electron chi connectivity index (χ3n) is 2.92. The van der Waals surface area contributed by atoms with Crippen molar-refractivity contribution in [2.75, 3.05) is 26.1 Å². The Kier molecular flexibility index (Phi) is 6.12. The Bertz CT molecular complexity index is 708. The van der Waals surface area contributed by atoms with Crippen LogP contribution in [0.25, 0.3) is 0 Å². The number of methoxy groups -OCH3 is 2. The first kappa shape index (κ1) is 17.4. The number of halogens is 2. The molecule has 1 amide bonds. The van der Waals surface area contributed by atoms with Gasteiger partial charge < -0.3 is 19.5 Å². The Morgan fingerprint density at radius 2 is 1.83 bits per heavy atom. The molecule has 0 radical (unpaired) electrons. The fourth-order valence-electron chi connectivity index (χ4n) is 1.84. The summed E-state index contributed by atoms with van der Waals surface area (Å²) in [4.78, 5) is 12.0. The molecule has 7 heteroatoms. The number of carbonyl (C=O) groups excluding carboxylic acids is 1. The summed E-state index contributed by atoms with van der Waals surface area (Å²) < 4.78 is 16.6. The van der Waals surface area contributed by atoms with Gasteiger partial charge >= 0.3 is 0 Å². The molecular weight excluding hydrogens is 386 g/mol. The molecule has 0 atom stereocenters. The maximum atomic E-state index is 12.0. The molecule has 1 N–H and O–H groups in total. The van der Waals surface area contributed by atoms with E-state index in [-0.39, 0.29) is 12.5 Å². The Morgan fingerprint density at radius 1 is 1.09 bits per heavy atom. The van der Waals surface area contributed by atoms with Crippen molar-refractivity contribution in [3.8, 4) is 17.2 Å². The molecule has 0 aliphatic carbocycles. The molecule has 23 heavy (non-hydrogen) atoms. The van der Waals surface area contributed by atoms with Gasteiger partial charge in [0.05, 0.1) is 19.2 Å². The van der Waals surface area contributed by atoms with E-state index in [1.54, 1.807) is 43.5 Å². The van der Waals surface area contributed by atoms with Gasteiger partial charge in [0.25, 0.3) is 5.91 Å². The third-order valence-corrected chi connectivity index (χ3v) is 3.72. The molecule has 0 unspecified atom stereocenters. The number of benzene rings is 2. The quantitative estimate of drug-likeness (QED) is 0.792. The van der Waals surface area contributed by atoms with Gasteiger partial charge in [0.2, 0.25) is 0 Å². The van der Waals surface area contributed by atoms with Gasteiger partial charge in [-0.05, 0) is 30.3 Å². The molecule has 0 spiro atoms. The van der Waals surface area contributed by atoms with Crippen molar-refractivity contribution in [1.82, 2.24) is 0 Å². The first-order chi connectivity index (χ1) is 11.0. The topological polar surface area (TPSA) is 56.8 Å². The molecule has 0 aliphatic heterocycles. The van der Waals surface area contributed by atoms with E-state index in [0.29, 0.717) is 28.0 Å². The van der Waals surface area contributed by atoms with Crippen molar-refractivity contribution in [1.29, 1.82) is 0 Å². The lowest BCUT2D eigenvalue weighted by Gasteiger charge is -2.11. The third kappa shape index (κ3) is 4.77. The molecule has 0 heterocycles. The van der Waals surface area contributed by atoms with E-state index in [2.05, 4.69) is 21.2 Å². The highest BCUT2D eigenvalue weighted by molar-refractivity contribution is 9.10. The molecule has 0 aliphatic rings. The number of hydrogen-bond acceptors (Lipinski definition) is 4. The minimum atomic E-state index is -0.312. The van der Waals surface area contributed by atoms with Gasteiger partial charge in [-0.25, -0.2) is 0 Å². The summed E-state index contributed by atoms with van der Waals surface area (Å²) in [6.45, 7) is -0.162. The summed E-state index contributed by atoms with van der Waals surface area (Å²) in [6, 6.07) is 10.3. The first-order valence-electron chi connectivity index (χ1n) is 6.63. The van der Waals surface area contributed by atoms with Gasteiger partial charge in [0, 0.05) is 16.2 Å². The van der Waals surface area contributed by atoms with Gasteiger partial charge in [-0.2, -0.15) is 0 Å². The Morgan fingerprint density at radius 3 is 2.52 bits per heavy atom. The van der Waals surface area contributed by atoms with E-state index in [4.69, 9.17) is 25.8 Å². The number of hydrogen-bond donors (Lipinski definition) is 1. The van der Waals surface area contributed by atoms with Crippen LogP contribution in [-0.2, 0) is 4.79 Å². The number of ether oxygens (including phenoxy) is 3. The second-order valence-corrected chi connectivity index (χ2v) is 5.80. The zero-order chi connectivity index (χ0) is 16.8.